The monoisotopic (exact) mass is 444 g/mol. The van der Waals surface area contributed by atoms with Crippen molar-refractivity contribution in [1.29, 1.82) is 0 Å². The highest BCUT2D eigenvalue weighted by molar-refractivity contribution is 6.30. The highest BCUT2D eigenvalue weighted by Crippen LogP contribution is 2.20. The van der Waals surface area contributed by atoms with E-state index in [4.69, 9.17) is 16.3 Å². The number of hydrogen-bond donors (Lipinski definition) is 1. The lowest BCUT2D eigenvalue weighted by atomic mass is 10.1. The molecule has 1 unspecified atom stereocenters. The summed E-state index contributed by atoms with van der Waals surface area (Å²) in [7, 11) is 0. The standard InChI is InChI=1S/C25H33ClN2O3/c1-5-7-14-27-25(30)22(6-2)28(16-20-10-12-21(26)13-11-20)24(29)17-31-23-15-18(3)8-9-19(23)4/h8-13,15,22H,5-7,14,16-17H2,1-4H3,(H,27,30). The highest BCUT2D eigenvalue weighted by Gasteiger charge is 2.28. The number of nitrogens with one attached hydrogen (secondary N) is 1. The minimum Gasteiger partial charge on any atom is -0.483 e. The Morgan fingerprint density at radius 2 is 1.81 bits per heavy atom. The van der Waals surface area contributed by atoms with Gasteiger partial charge in [-0.25, -0.2) is 0 Å². The van der Waals surface area contributed by atoms with Gasteiger partial charge in [0.15, 0.2) is 6.61 Å². The highest BCUT2D eigenvalue weighted by atomic mass is 35.5. The predicted molar refractivity (Wildman–Crippen MR) is 125 cm³/mol. The maximum absolute atomic E-state index is 13.2. The van der Waals surface area contributed by atoms with Crippen LogP contribution in [-0.2, 0) is 16.1 Å². The van der Waals surface area contributed by atoms with Crippen LogP contribution in [0.2, 0.25) is 5.02 Å². The van der Waals surface area contributed by atoms with Crippen molar-refractivity contribution in [1.82, 2.24) is 10.2 Å². The summed E-state index contributed by atoms with van der Waals surface area (Å²) in [6, 6.07) is 12.6. The molecule has 0 saturated carbocycles. The molecule has 2 amide bonds. The number of nitrogens with zero attached hydrogens (tertiary/aromatic N) is 1. The first kappa shape index (κ1) is 24.7. The van der Waals surface area contributed by atoms with E-state index in [0.717, 1.165) is 29.5 Å². The third kappa shape index (κ3) is 7.59. The van der Waals surface area contributed by atoms with Crippen LogP contribution in [0.25, 0.3) is 0 Å². The molecule has 0 radical (unpaired) electrons. The summed E-state index contributed by atoms with van der Waals surface area (Å²) < 4.78 is 5.85. The van der Waals surface area contributed by atoms with Gasteiger partial charge in [0.1, 0.15) is 11.8 Å². The average Bonchev–Trinajstić information content (AvgIpc) is 2.75. The van der Waals surface area contributed by atoms with Gasteiger partial charge < -0.3 is 15.0 Å². The van der Waals surface area contributed by atoms with Crippen molar-refractivity contribution in [3.8, 4) is 5.75 Å². The van der Waals surface area contributed by atoms with E-state index in [-0.39, 0.29) is 18.4 Å². The van der Waals surface area contributed by atoms with E-state index in [1.807, 2.05) is 51.1 Å². The van der Waals surface area contributed by atoms with Crippen molar-refractivity contribution in [2.45, 2.75) is 59.5 Å². The lowest BCUT2D eigenvalue weighted by molar-refractivity contribution is -0.143. The molecule has 1 atom stereocenters. The summed E-state index contributed by atoms with van der Waals surface area (Å²) in [5.41, 5.74) is 2.93. The second-order valence-corrected chi connectivity index (χ2v) is 8.21. The Morgan fingerprint density at radius 1 is 1.10 bits per heavy atom. The van der Waals surface area contributed by atoms with E-state index >= 15 is 0 Å². The molecule has 0 fully saturated rings. The van der Waals surface area contributed by atoms with Crippen molar-refractivity contribution in [3.63, 3.8) is 0 Å². The van der Waals surface area contributed by atoms with Gasteiger partial charge in [-0.2, -0.15) is 0 Å². The van der Waals surface area contributed by atoms with Crippen molar-refractivity contribution in [2.75, 3.05) is 13.2 Å². The van der Waals surface area contributed by atoms with Gasteiger partial charge in [-0.15, -0.1) is 0 Å². The molecule has 2 aromatic rings. The second kappa shape index (κ2) is 12.4. The van der Waals surface area contributed by atoms with Crippen LogP contribution in [0.1, 0.15) is 49.8 Å². The largest absolute Gasteiger partial charge is 0.483 e. The minimum atomic E-state index is -0.567. The van der Waals surface area contributed by atoms with Gasteiger partial charge in [0, 0.05) is 18.1 Å². The minimum absolute atomic E-state index is 0.128. The second-order valence-electron chi connectivity index (χ2n) is 7.77. The van der Waals surface area contributed by atoms with Crippen LogP contribution in [0.3, 0.4) is 0 Å². The normalized spacial score (nSPS) is 11.6. The van der Waals surface area contributed by atoms with Gasteiger partial charge in [0.25, 0.3) is 5.91 Å². The molecule has 0 aliphatic carbocycles. The number of carbonyl (C=O) groups is 2. The first-order chi connectivity index (χ1) is 14.8. The first-order valence-electron chi connectivity index (χ1n) is 10.9. The van der Waals surface area contributed by atoms with Crippen molar-refractivity contribution in [2.24, 2.45) is 0 Å². The van der Waals surface area contributed by atoms with Gasteiger partial charge in [0.05, 0.1) is 0 Å². The third-order valence-electron chi connectivity index (χ3n) is 5.18. The lowest BCUT2D eigenvalue weighted by Gasteiger charge is -2.30. The molecule has 0 spiro atoms. The maximum Gasteiger partial charge on any atom is 0.261 e. The Kier molecular flexibility index (Phi) is 9.86. The number of halogens is 1. The van der Waals surface area contributed by atoms with Crippen LogP contribution in [0.5, 0.6) is 5.75 Å². The van der Waals surface area contributed by atoms with Gasteiger partial charge in [-0.1, -0.05) is 56.1 Å². The lowest BCUT2D eigenvalue weighted by Crippen LogP contribution is -2.50. The number of rotatable bonds is 11. The Bertz CT molecular complexity index is 868. The number of carbonyl (C=O) groups excluding carboxylic acids is 2. The van der Waals surface area contributed by atoms with E-state index in [1.54, 1.807) is 17.0 Å². The molecule has 0 heterocycles. The van der Waals surface area contributed by atoms with Gasteiger partial charge in [0.2, 0.25) is 5.91 Å². The van der Waals surface area contributed by atoms with E-state index < -0.39 is 6.04 Å². The molecule has 0 bridgehead atoms. The van der Waals surface area contributed by atoms with Gasteiger partial charge in [-0.05, 0) is 61.6 Å². The number of benzene rings is 2. The zero-order valence-corrected chi connectivity index (χ0v) is 19.7. The molecular weight excluding hydrogens is 412 g/mol. The third-order valence-corrected chi connectivity index (χ3v) is 5.43. The van der Waals surface area contributed by atoms with Crippen LogP contribution in [0, 0.1) is 13.8 Å². The van der Waals surface area contributed by atoms with Crippen molar-refractivity contribution in [3.05, 3.63) is 64.2 Å². The van der Waals surface area contributed by atoms with Crippen LogP contribution in [0.15, 0.2) is 42.5 Å². The molecule has 2 aromatic carbocycles. The van der Waals surface area contributed by atoms with Crippen molar-refractivity contribution < 1.29 is 14.3 Å². The van der Waals surface area contributed by atoms with E-state index in [1.165, 1.54) is 0 Å². The number of unbranched alkanes of at least 4 members (excludes halogenated alkanes) is 1. The Labute approximate surface area is 190 Å². The number of ether oxygens (including phenoxy) is 1. The molecule has 31 heavy (non-hydrogen) atoms. The molecule has 0 aliphatic heterocycles. The quantitative estimate of drug-likeness (QED) is 0.493. The smallest absolute Gasteiger partial charge is 0.261 e. The van der Waals surface area contributed by atoms with Crippen LogP contribution in [0.4, 0.5) is 0 Å². The van der Waals surface area contributed by atoms with Crippen molar-refractivity contribution >= 4 is 23.4 Å². The number of hydrogen-bond acceptors (Lipinski definition) is 3. The Hall–Kier alpha value is -2.53. The van der Waals surface area contributed by atoms with E-state index in [9.17, 15) is 9.59 Å². The summed E-state index contributed by atoms with van der Waals surface area (Å²) in [6.07, 6.45) is 2.41. The van der Waals surface area contributed by atoms with E-state index in [2.05, 4.69) is 12.2 Å². The maximum atomic E-state index is 13.2. The topological polar surface area (TPSA) is 58.6 Å². The Morgan fingerprint density at radius 3 is 2.45 bits per heavy atom. The van der Waals surface area contributed by atoms with E-state index in [0.29, 0.717) is 30.3 Å². The zero-order valence-electron chi connectivity index (χ0n) is 18.9. The fourth-order valence-corrected chi connectivity index (χ4v) is 3.42. The SMILES string of the molecule is CCCCNC(=O)C(CC)N(Cc1ccc(Cl)cc1)C(=O)COc1cc(C)ccc1C. The summed E-state index contributed by atoms with van der Waals surface area (Å²) in [6.45, 7) is 8.70. The molecule has 168 valence electrons. The predicted octanol–water partition coefficient (Wildman–Crippen LogP) is 5.06. The number of amides is 2. The molecule has 6 heteroatoms. The van der Waals surface area contributed by atoms with Crippen LogP contribution in [-0.4, -0.2) is 35.9 Å². The molecule has 1 N–H and O–H groups in total. The summed E-state index contributed by atoms with van der Waals surface area (Å²) >= 11 is 6.00. The molecule has 0 saturated heterocycles. The molecule has 5 nitrogen and oxygen atoms in total. The van der Waals surface area contributed by atoms with Crippen LogP contribution < -0.4 is 10.1 Å². The molecule has 0 aliphatic rings. The fraction of sp³-hybridized carbons (Fsp3) is 0.440. The summed E-state index contributed by atoms with van der Waals surface area (Å²) in [5, 5.41) is 3.59. The average molecular weight is 445 g/mol. The fourth-order valence-electron chi connectivity index (χ4n) is 3.30. The summed E-state index contributed by atoms with van der Waals surface area (Å²) in [4.78, 5) is 27.7. The van der Waals surface area contributed by atoms with Gasteiger partial charge in [-0.3, -0.25) is 9.59 Å². The molecule has 2 rings (SSSR count). The van der Waals surface area contributed by atoms with Gasteiger partial charge >= 0.3 is 0 Å². The molecule has 0 aromatic heterocycles. The zero-order chi connectivity index (χ0) is 22.8. The first-order valence-corrected chi connectivity index (χ1v) is 11.2. The Balaban J connectivity index is 2.19. The molecular formula is C25H33ClN2O3. The number of aryl methyl sites for hydroxylation is 2. The van der Waals surface area contributed by atoms with Crippen LogP contribution >= 0.6 is 11.6 Å². The summed E-state index contributed by atoms with van der Waals surface area (Å²) in [5.74, 6) is 0.318.